The third kappa shape index (κ3) is 5.03. The molecule has 1 atom stereocenters. The number of amides is 2. The minimum Gasteiger partial charge on any atom is -0.376 e. The molecule has 2 heterocycles. The van der Waals surface area contributed by atoms with Crippen LogP contribution >= 0.6 is 0 Å². The monoisotopic (exact) mass is 354 g/mol. The quantitative estimate of drug-likeness (QED) is 0.742. The van der Waals surface area contributed by atoms with Crippen molar-refractivity contribution in [1.29, 1.82) is 0 Å². The summed E-state index contributed by atoms with van der Waals surface area (Å²) >= 11 is 0. The van der Waals surface area contributed by atoms with Crippen LogP contribution in [0.4, 0.5) is 17.2 Å². The number of ether oxygens (including phenoxy) is 1. The highest BCUT2D eigenvalue weighted by Crippen LogP contribution is 2.19. The van der Waals surface area contributed by atoms with Gasteiger partial charge < -0.3 is 20.7 Å². The summed E-state index contributed by atoms with van der Waals surface area (Å²) in [7, 11) is 0. The summed E-state index contributed by atoms with van der Waals surface area (Å²) in [5.41, 5.74) is 1.98. The Morgan fingerprint density at radius 3 is 2.85 bits per heavy atom. The zero-order valence-electron chi connectivity index (χ0n) is 14.6. The molecule has 1 aliphatic rings. The van der Waals surface area contributed by atoms with E-state index in [-0.39, 0.29) is 17.9 Å². The molecule has 26 heavy (non-hydrogen) atoms. The van der Waals surface area contributed by atoms with Crippen molar-refractivity contribution < 1.29 is 14.3 Å². The lowest BCUT2D eigenvalue weighted by Crippen LogP contribution is -2.31. The number of hydrogen-bond donors (Lipinski definition) is 3. The molecule has 1 fully saturated rings. The van der Waals surface area contributed by atoms with E-state index < -0.39 is 0 Å². The second-order valence-electron chi connectivity index (χ2n) is 6.16. The lowest BCUT2D eigenvalue weighted by Gasteiger charge is -2.12. The van der Waals surface area contributed by atoms with Crippen molar-refractivity contribution in [2.24, 2.45) is 0 Å². The Morgan fingerprint density at radius 2 is 2.08 bits per heavy atom. The Labute approximate surface area is 152 Å². The third-order valence-corrected chi connectivity index (χ3v) is 3.99. The minimum absolute atomic E-state index is 0.106. The molecular weight excluding hydrogens is 332 g/mol. The molecule has 0 spiro atoms. The van der Waals surface area contributed by atoms with Gasteiger partial charge in [0.1, 0.15) is 5.82 Å². The van der Waals surface area contributed by atoms with Gasteiger partial charge in [-0.25, -0.2) is 4.98 Å². The molecule has 0 aliphatic carbocycles. The van der Waals surface area contributed by atoms with Crippen LogP contribution in [0.2, 0.25) is 0 Å². The molecule has 2 aromatic rings. The Morgan fingerprint density at radius 1 is 1.23 bits per heavy atom. The Kier molecular flexibility index (Phi) is 5.80. The fourth-order valence-electron chi connectivity index (χ4n) is 2.78. The molecule has 7 nitrogen and oxygen atoms in total. The smallest absolute Gasteiger partial charge is 0.251 e. The number of nitrogens with one attached hydrogen (secondary N) is 3. The van der Waals surface area contributed by atoms with E-state index in [1.807, 2.05) is 12.1 Å². The molecule has 3 N–H and O–H groups in total. The number of aromatic nitrogens is 1. The average Bonchev–Trinajstić information content (AvgIpc) is 3.13. The van der Waals surface area contributed by atoms with Crippen molar-refractivity contribution in [2.75, 3.05) is 23.8 Å². The van der Waals surface area contributed by atoms with Gasteiger partial charge in [-0.1, -0.05) is 6.07 Å². The van der Waals surface area contributed by atoms with Crippen LogP contribution in [0, 0.1) is 0 Å². The van der Waals surface area contributed by atoms with Crippen LogP contribution in [-0.4, -0.2) is 36.1 Å². The summed E-state index contributed by atoms with van der Waals surface area (Å²) in [6.07, 6.45) is 3.71. The van der Waals surface area contributed by atoms with Gasteiger partial charge in [-0.3, -0.25) is 9.59 Å². The lowest BCUT2D eigenvalue weighted by molar-refractivity contribution is -0.114. The molecule has 3 rings (SSSR count). The predicted octanol–water partition coefficient (Wildman–Crippen LogP) is 2.69. The van der Waals surface area contributed by atoms with Crippen molar-refractivity contribution in [3.63, 3.8) is 0 Å². The highest BCUT2D eigenvalue weighted by molar-refractivity contribution is 5.95. The van der Waals surface area contributed by atoms with Crippen molar-refractivity contribution in [3.8, 4) is 0 Å². The van der Waals surface area contributed by atoms with E-state index in [2.05, 4.69) is 20.9 Å². The maximum Gasteiger partial charge on any atom is 0.251 e. The van der Waals surface area contributed by atoms with Gasteiger partial charge in [0.25, 0.3) is 5.91 Å². The average molecular weight is 354 g/mol. The molecule has 1 aromatic heterocycles. The van der Waals surface area contributed by atoms with E-state index in [1.165, 1.54) is 6.92 Å². The standard InChI is InChI=1S/C19H22N4O3/c1-13(24)22-15-4-2-5-16(11-15)23-18-10-14(7-8-20-18)19(25)21-12-17-6-3-9-26-17/h2,4-5,7-8,10-11,17H,3,6,9,12H2,1H3,(H,20,23)(H,21,25)(H,22,24). The highest BCUT2D eigenvalue weighted by Gasteiger charge is 2.16. The van der Waals surface area contributed by atoms with E-state index in [0.29, 0.717) is 23.6 Å². The summed E-state index contributed by atoms with van der Waals surface area (Å²) in [6, 6.07) is 10.6. The van der Waals surface area contributed by atoms with E-state index in [9.17, 15) is 9.59 Å². The second kappa shape index (κ2) is 8.44. The highest BCUT2D eigenvalue weighted by atomic mass is 16.5. The van der Waals surface area contributed by atoms with Gasteiger partial charge in [0.15, 0.2) is 0 Å². The van der Waals surface area contributed by atoms with Crippen molar-refractivity contribution in [1.82, 2.24) is 10.3 Å². The first-order valence-corrected chi connectivity index (χ1v) is 8.61. The number of hydrogen-bond acceptors (Lipinski definition) is 5. The molecule has 7 heteroatoms. The van der Waals surface area contributed by atoms with Crippen molar-refractivity contribution in [3.05, 3.63) is 48.2 Å². The number of anilines is 3. The first-order chi connectivity index (χ1) is 12.6. The summed E-state index contributed by atoms with van der Waals surface area (Å²) < 4.78 is 5.51. The van der Waals surface area contributed by atoms with E-state index in [1.54, 1.807) is 30.5 Å². The molecule has 1 unspecified atom stereocenters. The lowest BCUT2D eigenvalue weighted by atomic mass is 10.2. The number of carbonyl (C=O) groups excluding carboxylic acids is 2. The van der Waals surface area contributed by atoms with Gasteiger partial charge in [-0.2, -0.15) is 0 Å². The number of pyridine rings is 1. The summed E-state index contributed by atoms with van der Waals surface area (Å²) in [6.45, 7) is 2.74. The predicted molar refractivity (Wildman–Crippen MR) is 99.6 cm³/mol. The Balaban J connectivity index is 1.63. The van der Waals surface area contributed by atoms with Gasteiger partial charge in [0, 0.05) is 43.2 Å². The first-order valence-electron chi connectivity index (χ1n) is 8.61. The van der Waals surface area contributed by atoms with E-state index in [4.69, 9.17) is 4.74 Å². The van der Waals surface area contributed by atoms with E-state index in [0.717, 1.165) is 25.1 Å². The number of nitrogens with zero attached hydrogens (tertiary/aromatic N) is 1. The van der Waals surface area contributed by atoms with Crippen molar-refractivity contribution >= 4 is 29.0 Å². The van der Waals surface area contributed by atoms with Gasteiger partial charge in [0.05, 0.1) is 6.10 Å². The zero-order chi connectivity index (χ0) is 18.4. The van der Waals surface area contributed by atoms with Crippen LogP contribution in [0.5, 0.6) is 0 Å². The molecule has 1 aliphatic heterocycles. The summed E-state index contributed by atoms with van der Waals surface area (Å²) in [5.74, 6) is 0.262. The maximum atomic E-state index is 12.3. The van der Waals surface area contributed by atoms with Crippen molar-refractivity contribution in [2.45, 2.75) is 25.9 Å². The molecule has 0 bridgehead atoms. The fraction of sp³-hybridized carbons (Fsp3) is 0.316. The van der Waals surface area contributed by atoms with Crippen LogP contribution in [-0.2, 0) is 9.53 Å². The van der Waals surface area contributed by atoms with Gasteiger partial charge in [-0.05, 0) is 43.2 Å². The second-order valence-corrected chi connectivity index (χ2v) is 6.16. The van der Waals surface area contributed by atoms with Gasteiger partial charge in [0.2, 0.25) is 5.91 Å². The molecule has 0 radical (unpaired) electrons. The first kappa shape index (κ1) is 17.9. The summed E-state index contributed by atoms with van der Waals surface area (Å²) in [4.78, 5) is 27.7. The molecule has 0 saturated carbocycles. The maximum absolute atomic E-state index is 12.3. The molecule has 2 amide bonds. The third-order valence-electron chi connectivity index (χ3n) is 3.99. The van der Waals surface area contributed by atoms with Crippen LogP contribution in [0.3, 0.4) is 0 Å². The fourth-order valence-corrected chi connectivity index (χ4v) is 2.78. The van der Waals surface area contributed by atoms with Crippen LogP contribution < -0.4 is 16.0 Å². The molecule has 1 saturated heterocycles. The normalized spacial score (nSPS) is 16.1. The number of rotatable bonds is 6. The van der Waals surface area contributed by atoms with Gasteiger partial charge >= 0.3 is 0 Å². The minimum atomic E-state index is -0.155. The van der Waals surface area contributed by atoms with Crippen LogP contribution in [0.1, 0.15) is 30.1 Å². The zero-order valence-corrected chi connectivity index (χ0v) is 14.6. The molecule has 1 aromatic carbocycles. The Hall–Kier alpha value is -2.93. The van der Waals surface area contributed by atoms with Crippen LogP contribution in [0.15, 0.2) is 42.6 Å². The molecule has 136 valence electrons. The number of carbonyl (C=O) groups is 2. The van der Waals surface area contributed by atoms with Crippen LogP contribution in [0.25, 0.3) is 0 Å². The largest absolute Gasteiger partial charge is 0.376 e. The van der Waals surface area contributed by atoms with E-state index >= 15 is 0 Å². The summed E-state index contributed by atoms with van der Waals surface area (Å²) in [5, 5.41) is 8.77. The number of benzene rings is 1. The van der Waals surface area contributed by atoms with Gasteiger partial charge in [-0.15, -0.1) is 0 Å². The topological polar surface area (TPSA) is 92.4 Å². The molecular formula is C19H22N4O3. The SMILES string of the molecule is CC(=O)Nc1cccc(Nc2cc(C(=O)NCC3CCCO3)ccn2)c1. The Bertz CT molecular complexity index is 788.